The van der Waals surface area contributed by atoms with Gasteiger partial charge in [0, 0.05) is 32.4 Å². The highest BCUT2D eigenvalue weighted by molar-refractivity contribution is 6.14. The summed E-state index contributed by atoms with van der Waals surface area (Å²) >= 11 is 0. The topological polar surface area (TPSA) is 56.7 Å². The number of fused-ring (bicyclic) bond motifs is 6. The summed E-state index contributed by atoms with van der Waals surface area (Å²) in [5, 5.41) is 4.56. The van der Waals surface area contributed by atoms with Gasteiger partial charge in [0.1, 0.15) is 17.2 Å². The minimum absolute atomic E-state index is 0.219. The Kier molecular flexibility index (Phi) is 5.21. The first-order valence-corrected chi connectivity index (χ1v) is 13.8. The van der Waals surface area contributed by atoms with Crippen LogP contribution in [0, 0.1) is 0 Å². The van der Waals surface area contributed by atoms with Crippen LogP contribution in [-0.2, 0) is 10.8 Å². The highest BCUT2D eigenvalue weighted by Crippen LogP contribution is 2.40. The van der Waals surface area contributed by atoms with E-state index in [4.69, 9.17) is 19.4 Å². The van der Waals surface area contributed by atoms with Crippen LogP contribution in [0.4, 0.5) is 0 Å². The van der Waals surface area contributed by atoms with Gasteiger partial charge in [-0.1, -0.05) is 102 Å². The van der Waals surface area contributed by atoms with Crippen LogP contribution in [0.25, 0.3) is 60.8 Å². The van der Waals surface area contributed by atoms with Crippen LogP contribution in [0.1, 0.15) is 53.2 Å². The lowest BCUT2D eigenvalue weighted by Crippen LogP contribution is -2.24. The minimum Gasteiger partial charge on any atom is -0.453 e. The van der Waals surface area contributed by atoms with E-state index >= 15 is 0 Å². The lowest BCUT2D eigenvalue weighted by Gasteiger charge is -2.22. The van der Waals surface area contributed by atoms with Gasteiger partial charge in [0.15, 0.2) is 11.4 Å². The number of rotatable bonds is 2. The molecule has 0 saturated heterocycles. The fraction of sp³-hybridized carbons (Fsp3) is 0.229. The van der Waals surface area contributed by atoms with Gasteiger partial charge in [-0.05, 0) is 24.3 Å². The molecule has 7 rings (SSSR count). The molecule has 0 amide bonds. The molecular weight excluding hydrogens is 492 g/mol. The molecule has 3 aromatic heterocycles. The molecular formula is C35H32N4O. The average Bonchev–Trinajstić information content (AvgIpc) is 3.48. The number of furan rings is 1. The normalized spacial score (nSPS) is 12.8. The van der Waals surface area contributed by atoms with Crippen molar-refractivity contribution in [3.05, 3.63) is 96.6 Å². The van der Waals surface area contributed by atoms with E-state index in [9.17, 15) is 0 Å². The molecule has 0 bridgehead atoms. The van der Waals surface area contributed by atoms with Crippen LogP contribution in [0.3, 0.4) is 0 Å². The van der Waals surface area contributed by atoms with Crippen molar-refractivity contribution in [3.8, 4) is 17.1 Å². The Labute approximate surface area is 233 Å². The van der Waals surface area contributed by atoms with E-state index in [1.54, 1.807) is 0 Å². The number of nitrogens with zero attached hydrogens (tertiary/aromatic N) is 4. The third-order valence-corrected chi connectivity index (χ3v) is 7.54. The number of hydrogen-bond acceptors (Lipinski definition) is 4. The highest BCUT2D eigenvalue weighted by atomic mass is 16.3. The maximum Gasteiger partial charge on any atom is 0.167 e. The molecule has 0 saturated carbocycles. The zero-order chi connectivity index (χ0) is 27.8. The van der Waals surface area contributed by atoms with E-state index in [1.165, 1.54) is 10.8 Å². The molecule has 7 aromatic rings. The molecule has 5 heteroatoms. The molecule has 0 unspecified atom stereocenters. The summed E-state index contributed by atoms with van der Waals surface area (Å²) in [4.78, 5) is 14.8. The van der Waals surface area contributed by atoms with Crippen LogP contribution in [0.5, 0.6) is 0 Å². The summed E-state index contributed by atoms with van der Waals surface area (Å²) in [6.07, 6.45) is 0. The van der Waals surface area contributed by atoms with Gasteiger partial charge in [0.2, 0.25) is 0 Å². The summed E-state index contributed by atoms with van der Waals surface area (Å²) in [5.74, 6) is 2.20. The van der Waals surface area contributed by atoms with E-state index in [0.29, 0.717) is 5.82 Å². The molecule has 0 aliphatic heterocycles. The van der Waals surface area contributed by atoms with E-state index in [-0.39, 0.29) is 10.8 Å². The Morgan fingerprint density at radius 2 is 1.02 bits per heavy atom. The van der Waals surface area contributed by atoms with Gasteiger partial charge in [0.25, 0.3) is 0 Å². The summed E-state index contributed by atoms with van der Waals surface area (Å²) in [6, 6.07) is 29.7. The van der Waals surface area contributed by atoms with Crippen molar-refractivity contribution in [1.29, 1.82) is 0 Å². The van der Waals surface area contributed by atoms with Crippen molar-refractivity contribution >= 4 is 43.7 Å². The minimum atomic E-state index is -0.219. The smallest absolute Gasteiger partial charge is 0.167 e. The number of para-hydroxylation sites is 4. The maximum atomic E-state index is 6.82. The first-order valence-electron chi connectivity index (χ1n) is 13.8. The molecule has 0 radical (unpaired) electrons. The van der Waals surface area contributed by atoms with Gasteiger partial charge in [-0.15, -0.1) is 0 Å². The van der Waals surface area contributed by atoms with Crippen LogP contribution in [0.2, 0.25) is 0 Å². The second-order valence-electron chi connectivity index (χ2n) is 12.6. The van der Waals surface area contributed by atoms with E-state index in [2.05, 4.69) is 131 Å². The molecule has 0 atom stereocenters. The first kappa shape index (κ1) is 24.5. The van der Waals surface area contributed by atoms with Gasteiger partial charge in [0.05, 0.1) is 22.3 Å². The second kappa shape index (κ2) is 8.49. The molecule has 40 heavy (non-hydrogen) atoms. The SMILES string of the molecule is CC(C)(C)c1nc(-c2cccc3c2oc2c(-n4c5ccccc5c5ccccc54)cccc23)nc(C(C)(C)C)n1. The van der Waals surface area contributed by atoms with Crippen LogP contribution in [0.15, 0.2) is 89.3 Å². The van der Waals surface area contributed by atoms with Crippen molar-refractivity contribution < 1.29 is 4.42 Å². The summed E-state index contributed by atoms with van der Waals surface area (Å²) in [6.45, 7) is 12.8. The Bertz CT molecular complexity index is 2000. The maximum absolute atomic E-state index is 6.82. The number of hydrogen-bond donors (Lipinski definition) is 0. The molecule has 4 aromatic carbocycles. The standard InChI is InChI=1S/C35H32N4O/c1-34(2,3)32-36-31(37-33(38-32)35(4,5)6)25-17-11-15-23-24-16-12-20-28(30(24)40-29(23)25)39-26-18-9-7-13-21(26)22-14-8-10-19-27(22)39/h7-20H,1-6H3. The number of benzene rings is 4. The van der Waals surface area contributed by atoms with Crippen molar-refractivity contribution in [2.75, 3.05) is 0 Å². The van der Waals surface area contributed by atoms with Crippen LogP contribution >= 0.6 is 0 Å². The summed E-state index contributed by atoms with van der Waals surface area (Å²) in [7, 11) is 0. The van der Waals surface area contributed by atoms with Gasteiger partial charge in [-0.2, -0.15) is 0 Å². The zero-order valence-corrected chi connectivity index (χ0v) is 23.8. The van der Waals surface area contributed by atoms with Crippen LogP contribution in [-0.4, -0.2) is 19.5 Å². The second-order valence-corrected chi connectivity index (χ2v) is 12.6. The quantitative estimate of drug-likeness (QED) is 0.226. The Morgan fingerprint density at radius 3 is 1.60 bits per heavy atom. The first-order chi connectivity index (χ1) is 19.1. The third kappa shape index (κ3) is 3.72. The average molecular weight is 525 g/mol. The molecule has 3 heterocycles. The fourth-order valence-electron chi connectivity index (χ4n) is 5.51. The van der Waals surface area contributed by atoms with Crippen molar-refractivity contribution in [2.45, 2.75) is 52.4 Å². The molecule has 5 nitrogen and oxygen atoms in total. The van der Waals surface area contributed by atoms with Crippen molar-refractivity contribution in [3.63, 3.8) is 0 Å². The summed E-state index contributed by atoms with van der Waals surface area (Å²) in [5.41, 5.74) is 5.39. The fourth-order valence-corrected chi connectivity index (χ4v) is 5.51. The Morgan fingerprint density at radius 1 is 0.525 bits per heavy atom. The molecule has 0 spiro atoms. The summed E-state index contributed by atoms with van der Waals surface area (Å²) < 4.78 is 9.13. The van der Waals surface area contributed by atoms with Crippen molar-refractivity contribution in [1.82, 2.24) is 19.5 Å². The third-order valence-electron chi connectivity index (χ3n) is 7.54. The van der Waals surface area contributed by atoms with Crippen molar-refractivity contribution in [2.24, 2.45) is 0 Å². The van der Waals surface area contributed by atoms with Gasteiger partial charge in [-0.25, -0.2) is 15.0 Å². The molecule has 0 N–H and O–H groups in total. The molecule has 0 aliphatic rings. The largest absolute Gasteiger partial charge is 0.453 e. The molecule has 0 aliphatic carbocycles. The lowest BCUT2D eigenvalue weighted by atomic mass is 9.93. The lowest BCUT2D eigenvalue weighted by molar-refractivity contribution is 0.497. The predicted octanol–water partition coefficient (Wildman–Crippen LogP) is 9.13. The van der Waals surface area contributed by atoms with Gasteiger partial charge < -0.3 is 8.98 Å². The van der Waals surface area contributed by atoms with Gasteiger partial charge >= 0.3 is 0 Å². The van der Waals surface area contributed by atoms with Crippen LogP contribution < -0.4 is 0 Å². The monoisotopic (exact) mass is 524 g/mol. The Hall–Kier alpha value is -4.51. The predicted molar refractivity (Wildman–Crippen MR) is 164 cm³/mol. The highest BCUT2D eigenvalue weighted by Gasteiger charge is 2.27. The zero-order valence-electron chi connectivity index (χ0n) is 23.8. The van der Waals surface area contributed by atoms with E-state index < -0.39 is 0 Å². The molecule has 198 valence electrons. The van der Waals surface area contributed by atoms with E-state index in [1.807, 2.05) is 0 Å². The van der Waals surface area contributed by atoms with Gasteiger partial charge in [-0.3, -0.25) is 0 Å². The molecule has 0 fully saturated rings. The number of aromatic nitrogens is 4. The van der Waals surface area contributed by atoms with E-state index in [0.717, 1.165) is 55.9 Å². The Balaban J connectivity index is 1.54.